The first-order chi connectivity index (χ1) is 24.0. The van der Waals surface area contributed by atoms with Crippen LogP contribution in [-0.2, 0) is 28.7 Å². The molecule has 3 fully saturated rings. The number of carbonyl (C=O) groups is 4. The minimum Gasteiger partial charge on any atom is -0.455 e. The van der Waals surface area contributed by atoms with Crippen LogP contribution in [0.25, 0.3) is 0 Å². The molecule has 5 rings (SSSR count). The third-order valence-electron chi connectivity index (χ3n) is 10.7. The summed E-state index contributed by atoms with van der Waals surface area (Å²) in [6.45, 7) is 13.8. The molecule has 3 heterocycles. The number of likely N-dealkylation sites (N-methyl/N-ethyl adjacent to an activating group) is 1. The van der Waals surface area contributed by atoms with E-state index in [0.29, 0.717) is 32.1 Å². The van der Waals surface area contributed by atoms with Gasteiger partial charge >= 0.3 is 5.97 Å². The molecule has 3 aliphatic rings. The average Bonchev–Trinajstić information content (AvgIpc) is 3.76. The predicted octanol–water partition coefficient (Wildman–Crippen LogP) is 5.07. The van der Waals surface area contributed by atoms with Crippen LogP contribution >= 0.6 is 0 Å². The summed E-state index contributed by atoms with van der Waals surface area (Å²) in [5.74, 6) is -3.13. The Morgan fingerprint density at radius 1 is 1.12 bits per heavy atom. The van der Waals surface area contributed by atoms with Crippen molar-refractivity contribution in [3.8, 4) is 0 Å². The van der Waals surface area contributed by atoms with E-state index >= 15 is 0 Å². The number of nitrogens with zero attached hydrogens (tertiary/aromatic N) is 3. The van der Waals surface area contributed by atoms with Gasteiger partial charge in [0.05, 0.1) is 24.0 Å². The minimum atomic E-state index is -1.22. The number of allylic oxidation sites excluding steroid dienone is 1. The molecule has 3 aliphatic heterocycles. The van der Waals surface area contributed by atoms with Crippen molar-refractivity contribution in [2.75, 3.05) is 31.6 Å². The maximum atomic E-state index is 14.9. The molecule has 10 heteroatoms. The van der Waals surface area contributed by atoms with E-state index in [9.17, 15) is 24.3 Å². The third kappa shape index (κ3) is 6.88. The quantitative estimate of drug-likeness (QED) is 0.149. The molecule has 0 aromatic heterocycles. The summed E-state index contributed by atoms with van der Waals surface area (Å²) < 4.78 is 13.0. The van der Waals surface area contributed by atoms with Crippen molar-refractivity contribution in [1.82, 2.24) is 9.80 Å². The number of rotatable bonds is 16. The summed E-state index contributed by atoms with van der Waals surface area (Å²) in [5, 5.41) is 9.56. The Bertz CT molecular complexity index is 1590. The zero-order valence-electron chi connectivity index (χ0n) is 29.8. The van der Waals surface area contributed by atoms with Crippen molar-refractivity contribution in [1.29, 1.82) is 0 Å². The number of aryl methyl sites for hydroxylation is 2. The van der Waals surface area contributed by atoms with Gasteiger partial charge in [-0.3, -0.25) is 19.2 Å². The summed E-state index contributed by atoms with van der Waals surface area (Å²) in [5.41, 5.74) is 2.13. The van der Waals surface area contributed by atoms with Crippen molar-refractivity contribution in [3.05, 3.63) is 90.5 Å². The van der Waals surface area contributed by atoms with E-state index in [2.05, 4.69) is 13.2 Å². The number of carbonyl (C=O) groups excluding carboxylic acids is 4. The maximum Gasteiger partial charge on any atom is 0.313 e. The fourth-order valence-electron chi connectivity index (χ4n) is 8.05. The normalized spacial score (nSPS) is 24.7. The molecule has 3 saturated heterocycles. The molecule has 0 unspecified atom stereocenters. The molecular weight excluding hydrogens is 634 g/mol. The van der Waals surface area contributed by atoms with Gasteiger partial charge in [0, 0.05) is 38.9 Å². The second-order valence-electron chi connectivity index (χ2n) is 13.9. The highest BCUT2D eigenvalue weighted by atomic mass is 16.6. The topological polar surface area (TPSA) is 117 Å². The Balaban J connectivity index is 1.50. The lowest BCUT2D eigenvalue weighted by Crippen LogP contribution is -2.56. The second-order valence-corrected chi connectivity index (χ2v) is 13.9. The molecule has 2 bridgehead atoms. The van der Waals surface area contributed by atoms with Gasteiger partial charge < -0.3 is 29.3 Å². The summed E-state index contributed by atoms with van der Waals surface area (Å²) in [6.07, 6.45) is 4.64. The van der Waals surface area contributed by atoms with E-state index in [1.54, 1.807) is 33.9 Å². The van der Waals surface area contributed by atoms with Crippen molar-refractivity contribution >= 4 is 29.4 Å². The fourth-order valence-corrected chi connectivity index (χ4v) is 8.05. The van der Waals surface area contributed by atoms with E-state index < -0.39 is 47.7 Å². The molecule has 50 heavy (non-hydrogen) atoms. The van der Waals surface area contributed by atoms with E-state index in [0.717, 1.165) is 22.4 Å². The van der Waals surface area contributed by atoms with Crippen molar-refractivity contribution in [2.24, 2.45) is 11.8 Å². The van der Waals surface area contributed by atoms with Crippen LogP contribution in [0, 0.1) is 25.7 Å². The Labute approximate surface area is 295 Å². The van der Waals surface area contributed by atoms with E-state index in [1.165, 1.54) is 0 Å². The summed E-state index contributed by atoms with van der Waals surface area (Å²) in [4.78, 5) is 61.7. The van der Waals surface area contributed by atoms with Crippen molar-refractivity contribution < 1.29 is 33.8 Å². The van der Waals surface area contributed by atoms with Crippen LogP contribution in [0.15, 0.2) is 73.8 Å². The number of anilines is 1. The molecule has 268 valence electrons. The Kier molecular flexibility index (Phi) is 11.6. The van der Waals surface area contributed by atoms with E-state index in [4.69, 9.17) is 9.47 Å². The van der Waals surface area contributed by atoms with Crippen LogP contribution in [0.5, 0.6) is 0 Å². The second kappa shape index (κ2) is 15.7. The number of aliphatic hydroxyl groups excluding tert-OH is 1. The first-order valence-electron chi connectivity index (χ1n) is 17.7. The number of esters is 1. The number of hydrogen-bond acceptors (Lipinski definition) is 7. The molecule has 0 aliphatic carbocycles. The van der Waals surface area contributed by atoms with Crippen molar-refractivity contribution in [3.63, 3.8) is 0 Å². The molecule has 0 radical (unpaired) electrons. The Morgan fingerprint density at radius 3 is 2.54 bits per heavy atom. The van der Waals surface area contributed by atoms with E-state index in [1.807, 2.05) is 69.3 Å². The molecule has 2 aromatic carbocycles. The molecule has 1 spiro atoms. The number of unbranched alkanes of at least 4 members (excludes halogenated alkanes) is 1. The summed E-state index contributed by atoms with van der Waals surface area (Å²) in [6, 6.07) is 13.7. The lowest BCUT2D eigenvalue weighted by Gasteiger charge is -2.37. The number of benzene rings is 2. The van der Waals surface area contributed by atoms with Gasteiger partial charge in [-0.2, -0.15) is 0 Å². The Morgan fingerprint density at radius 2 is 1.86 bits per heavy atom. The summed E-state index contributed by atoms with van der Waals surface area (Å²) >= 11 is 0. The minimum absolute atomic E-state index is 0.0442. The highest BCUT2D eigenvalue weighted by molar-refractivity contribution is 6.05. The van der Waals surface area contributed by atoms with Crippen LogP contribution in [0.4, 0.5) is 5.69 Å². The highest BCUT2D eigenvalue weighted by Gasteiger charge is 2.75. The van der Waals surface area contributed by atoms with Crippen molar-refractivity contribution in [2.45, 2.75) is 89.2 Å². The number of hydrogen-bond donors (Lipinski definition) is 1. The Hall–Kier alpha value is -4.28. The van der Waals surface area contributed by atoms with Crippen LogP contribution in [0.2, 0.25) is 0 Å². The molecular formula is C40H51N3O7. The van der Waals surface area contributed by atoms with Crippen LogP contribution < -0.4 is 4.90 Å². The standard InChI is InChI=1S/C40H51N3O7/c1-7-9-17-32(45)41(6)28(5)35(29-15-11-10-12-16-29)49-39(48)33-31-20-21-40(50-31)34(33)37(46)43(23-13-14-24-44)36(40)38(47)42(22-8-2)30-25-26(3)18-19-27(30)4/h7-8,10-12,15-16,18-19,25,28,31,33-36,44H,1-2,9,13-14,17,20-24H2,3-6H3/t28-,31+,33-,34-,35+,36+,40-/m1/s1. The van der Waals surface area contributed by atoms with Crippen LogP contribution in [-0.4, -0.2) is 89.1 Å². The van der Waals surface area contributed by atoms with Gasteiger partial charge in [0.2, 0.25) is 11.8 Å². The molecule has 2 aromatic rings. The maximum absolute atomic E-state index is 14.9. The number of aliphatic hydroxyl groups is 1. The van der Waals surface area contributed by atoms with Crippen LogP contribution in [0.3, 0.4) is 0 Å². The lowest BCUT2D eigenvalue weighted by molar-refractivity contribution is -0.164. The lowest BCUT2D eigenvalue weighted by atomic mass is 9.70. The number of amides is 3. The zero-order chi connectivity index (χ0) is 36.2. The molecule has 0 saturated carbocycles. The number of fused-ring (bicyclic) bond motifs is 1. The van der Waals surface area contributed by atoms with Gasteiger partial charge in [-0.1, -0.05) is 54.6 Å². The van der Waals surface area contributed by atoms with E-state index in [-0.39, 0.29) is 43.8 Å². The first-order valence-corrected chi connectivity index (χ1v) is 17.7. The molecule has 1 N–H and O–H groups in total. The highest BCUT2D eigenvalue weighted by Crippen LogP contribution is 2.59. The van der Waals surface area contributed by atoms with Gasteiger partial charge in [-0.15, -0.1) is 13.2 Å². The first kappa shape index (κ1) is 37.0. The SMILES string of the molecule is C=CCCC(=O)N(C)[C@H](C)[C@H](OC(=O)[C@@H]1[C@@H]2CC[C@]3(O2)[C@H](C(=O)N(CC=C)c2cc(C)ccc2C)N(CCCCO)C(=O)[C@@H]13)c1ccccc1. The zero-order valence-corrected chi connectivity index (χ0v) is 29.8. The predicted molar refractivity (Wildman–Crippen MR) is 191 cm³/mol. The molecule has 7 atom stereocenters. The largest absolute Gasteiger partial charge is 0.455 e. The van der Waals surface area contributed by atoms with Crippen LogP contribution in [0.1, 0.15) is 68.2 Å². The smallest absolute Gasteiger partial charge is 0.313 e. The van der Waals surface area contributed by atoms with Gasteiger partial charge in [-0.05, 0) is 75.6 Å². The van der Waals surface area contributed by atoms with Gasteiger partial charge in [0.1, 0.15) is 17.7 Å². The van der Waals surface area contributed by atoms with Gasteiger partial charge in [0.15, 0.2) is 0 Å². The van der Waals surface area contributed by atoms with Gasteiger partial charge in [-0.25, -0.2) is 0 Å². The average molecular weight is 686 g/mol. The van der Waals surface area contributed by atoms with Gasteiger partial charge in [0.25, 0.3) is 5.91 Å². The third-order valence-corrected chi connectivity index (χ3v) is 10.7. The summed E-state index contributed by atoms with van der Waals surface area (Å²) in [7, 11) is 1.70. The fraction of sp³-hybridized carbons (Fsp3) is 0.500. The number of likely N-dealkylation sites (tertiary alicyclic amines) is 1. The number of ether oxygens (including phenoxy) is 2. The monoisotopic (exact) mass is 685 g/mol. The molecule has 3 amide bonds. The molecule has 10 nitrogen and oxygen atoms in total.